The summed E-state index contributed by atoms with van der Waals surface area (Å²) >= 11 is 5.49. The molecular formula is C13H27ClN2O4S. The third-order valence-electron chi connectivity index (χ3n) is 2.58. The van der Waals surface area contributed by atoms with Crippen LogP contribution in [-0.2, 0) is 14.8 Å². The lowest BCUT2D eigenvalue weighted by Gasteiger charge is -2.26. The molecule has 0 saturated carbocycles. The van der Waals surface area contributed by atoms with E-state index >= 15 is 0 Å². The summed E-state index contributed by atoms with van der Waals surface area (Å²) in [4.78, 5) is 11.7. The molecule has 0 aromatic rings. The van der Waals surface area contributed by atoms with Gasteiger partial charge in [-0.15, -0.1) is 11.6 Å². The molecule has 1 amide bonds. The van der Waals surface area contributed by atoms with E-state index in [9.17, 15) is 13.2 Å². The topological polar surface area (TPSA) is 84.5 Å². The second-order valence-corrected chi connectivity index (χ2v) is 8.51. The Bertz CT molecular complexity index is 418. The third-order valence-corrected chi connectivity index (χ3v) is 4.28. The zero-order valence-corrected chi connectivity index (χ0v) is 15.0. The van der Waals surface area contributed by atoms with Crippen molar-refractivity contribution in [3.05, 3.63) is 0 Å². The Balaban J connectivity index is 4.48. The van der Waals surface area contributed by atoms with Gasteiger partial charge in [0.25, 0.3) is 0 Å². The van der Waals surface area contributed by atoms with Gasteiger partial charge in [0, 0.05) is 18.5 Å². The van der Waals surface area contributed by atoms with Crippen molar-refractivity contribution in [2.45, 2.75) is 52.7 Å². The van der Waals surface area contributed by atoms with Crippen LogP contribution in [0.5, 0.6) is 0 Å². The summed E-state index contributed by atoms with van der Waals surface area (Å²) in [7, 11) is -3.37. The van der Waals surface area contributed by atoms with Gasteiger partial charge >= 0.3 is 6.09 Å². The predicted molar refractivity (Wildman–Crippen MR) is 85.1 cm³/mol. The second-order valence-electron chi connectivity index (χ2n) is 6.21. The van der Waals surface area contributed by atoms with Gasteiger partial charge in [0.15, 0.2) is 0 Å². The Morgan fingerprint density at radius 1 is 1.29 bits per heavy atom. The lowest BCUT2D eigenvalue weighted by Crippen LogP contribution is -2.48. The minimum atomic E-state index is -3.37. The second kappa shape index (κ2) is 8.80. The summed E-state index contributed by atoms with van der Waals surface area (Å²) in [5, 5.41) is 2.69. The molecule has 0 unspecified atom stereocenters. The summed E-state index contributed by atoms with van der Waals surface area (Å²) in [6, 6.07) is -0.342. The zero-order chi connectivity index (χ0) is 16.7. The van der Waals surface area contributed by atoms with Gasteiger partial charge in [-0.25, -0.2) is 17.9 Å². The van der Waals surface area contributed by atoms with E-state index in [0.717, 1.165) is 0 Å². The minimum Gasteiger partial charge on any atom is -0.444 e. The molecule has 0 bridgehead atoms. The van der Waals surface area contributed by atoms with Crippen LogP contribution in [0, 0.1) is 5.92 Å². The molecule has 0 radical (unpaired) electrons. The van der Waals surface area contributed by atoms with E-state index in [1.165, 1.54) is 0 Å². The number of rotatable bonds is 8. The maximum absolute atomic E-state index is 11.7. The Kier molecular flexibility index (Phi) is 8.58. The SMILES string of the molecule is CC(C)[C@H](CNS(=O)(=O)CCCCl)NC(=O)OC(C)(C)C. The van der Waals surface area contributed by atoms with Crippen molar-refractivity contribution in [3.63, 3.8) is 0 Å². The molecule has 6 nitrogen and oxygen atoms in total. The molecule has 0 aromatic carbocycles. The zero-order valence-electron chi connectivity index (χ0n) is 13.4. The van der Waals surface area contributed by atoms with Gasteiger partial charge in [0.2, 0.25) is 10.0 Å². The first-order chi connectivity index (χ1) is 9.47. The average Bonchev–Trinajstić information content (AvgIpc) is 2.29. The first-order valence-electron chi connectivity index (χ1n) is 6.99. The van der Waals surface area contributed by atoms with Crippen LogP contribution in [0.3, 0.4) is 0 Å². The Morgan fingerprint density at radius 2 is 1.86 bits per heavy atom. The summed E-state index contributed by atoms with van der Waals surface area (Å²) in [5.74, 6) is 0.339. The van der Waals surface area contributed by atoms with Gasteiger partial charge in [-0.3, -0.25) is 0 Å². The molecule has 21 heavy (non-hydrogen) atoms. The van der Waals surface area contributed by atoms with Crippen LogP contribution in [0.1, 0.15) is 41.0 Å². The molecule has 126 valence electrons. The molecule has 0 aliphatic heterocycles. The van der Waals surface area contributed by atoms with Crippen LogP contribution >= 0.6 is 11.6 Å². The van der Waals surface area contributed by atoms with Gasteiger partial charge < -0.3 is 10.1 Å². The number of nitrogens with one attached hydrogen (secondary N) is 2. The molecule has 0 heterocycles. The molecule has 0 aliphatic carbocycles. The molecule has 1 atom stereocenters. The Morgan fingerprint density at radius 3 is 2.29 bits per heavy atom. The number of sulfonamides is 1. The number of amides is 1. The number of halogens is 1. The van der Waals surface area contributed by atoms with Gasteiger partial charge in [-0.1, -0.05) is 13.8 Å². The van der Waals surface area contributed by atoms with E-state index in [4.69, 9.17) is 16.3 Å². The lowest BCUT2D eigenvalue weighted by molar-refractivity contribution is 0.0491. The fraction of sp³-hybridized carbons (Fsp3) is 0.923. The number of alkyl halides is 1. The average molecular weight is 343 g/mol. The fourth-order valence-electron chi connectivity index (χ4n) is 1.45. The molecule has 2 N–H and O–H groups in total. The third kappa shape index (κ3) is 10.8. The number of alkyl carbamates (subject to hydrolysis) is 1. The minimum absolute atomic E-state index is 0.0201. The summed E-state index contributed by atoms with van der Waals surface area (Å²) in [6.45, 7) is 9.23. The molecule has 0 aromatic heterocycles. The maximum atomic E-state index is 11.7. The van der Waals surface area contributed by atoms with E-state index in [1.807, 2.05) is 13.8 Å². The monoisotopic (exact) mass is 342 g/mol. The molecule has 0 aliphatic rings. The quantitative estimate of drug-likeness (QED) is 0.661. The fourth-order valence-corrected chi connectivity index (χ4v) is 2.84. The van der Waals surface area contributed by atoms with E-state index in [2.05, 4.69) is 10.0 Å². The number of carbonyl (C=O) groups excluding carboxylic acids is 1. The van der Waals surface area contributed by atoms with Crippen LogP contribution in [-0.4, -0.2) is 44.3 Å². The molecular weight excluding hydrogens is 316 g/mol. The predicted octanol–water partition coefficient (Wildman–Crippen LogP) is 2.08. The number of carbonyl (C=O) groups is 1. The van der Waals surface area contributed by atoms with Crippen molar-refractivity contribution < 1.29 is 17.9 Å². The van der Waals surface area contributed by atoms with Crippen molar-refractivity contribution in [2.75, 3.05) is 18.2 Å². The smallest absolute Gasteiger partial charge is 0.407 e. The first-order valence-corrected chi connectivity index (χ1v) is 9.18. The molecule has 8 heteroatoms. The van der Waals surface area contributed by atoms with E-state index in [-0.39, 0.29) is 24.3 Å². The largest absolute Gasteiger partial charge is 0.444 e. The first kappa shape index (κ1) is 20.5. The number of hydrogen-bond acceptors (Lipinski definition) is 4. The van der Waals surface area contributed by atoms with Gasteiger partial charge in [-0.2, -0.15) is 0 Å². The highest BCUT2D eigenvalue weighted by Crippen LogP contribution is 2.08. The molecule has 0 rings (SSSR count). The van der Waals surface area contributed by atoms with Gasteiger partial charge in [-0.05, 0) is 33.1 Å². The Labute approximate surface area is 133 Å². The van der Waals surface area contributed by atoms with Crippen LogP contribution in [0.4, 0.5) is 4.79 Å². The maximum Gasteiger partial charge on any atom is 0.407 e. The van der Waals surface area contributed by atoms with Crippen molar-refractivity contribution in [3.8, 4) is 0 Å². The highest BCUT2D eigenvalue weighted by atomic mass is 35.5. The molecule has 0 saturated heterocycles. The summed E-state index contributed by atoms with van der Waals surface area (Å²) < 4.78 is 31.1. The van der Waals surface area contributed by atoms with Crippen LogP contribution in [0.15, 0.2) is 0 Å². The van der Waals surface area contributed by atoms with Crippen molar-refractivity contribution >= 4 is 27.7 Å². The van der Waals surface area contributed by atoms with E-state index < -0.39 is 21.7 Å². The van der Waals surface area contributed by atoms with Crippen molar-refractivity contribution in [2.24, 2.45) is 5.92 Å². The summed E-state index contributed by atoms with van der Waals surface area (Å²) in [6.07, 6.45) is -0.163. The normalized spacial score (nSPS) is 14.0. The van der Waals surface area contributed by atoms with Crippen molar-refractivity contribution in [1.82, 2.24) is 10.0 Å². The highest BCUT2D eigenvalue weighted by Gasteiger charge is 2.22. The number of ether oxygens (including phenoxy) is 1. The van der Waals surface area contributed by atoms with Gasteiger partial charge in [0.05, 0.1) is 5.75 Å². The number of hydrogen-bond donors (Lipinski definition) is 2. The van der Waals surface area contributed by atoms with Crippen LogP contribution in [0.2, 0.25) is 0 Å². The van der Waals surface area contributed by atoms with Gasteiger partial charge in [0.1, 0.15) is 5.60 Å². The highest BCUT2D eigenvalue weighted by molar-refractivity contribution is 7.89. The van der Waals surface area contributed by atoms with Crippen LogP contribution < -0.4 is 10.0 Å². The molecule has 0 spiro atoms. The lowest BCUT2D eigenvalue weighted by atomic mass is 10.1. The van der Waals surface area contributed by atoms with E-state index in [1.54, 1.807) is 20.8 Å². The van der Waals surface area contributed by atoms with E-state index in [0.29, 0.717) is 12.3 Å². The van der Waals surface area contributed by atoms with Crippen LogP contribution in [0.25, 0.3) is 0 Å². The van der Waals surface area contributed by atoms with Crippen molar-refractivity contribution in [1.29, 1.82) is 0 Å². The molecule has 0 fully saturated rings. The standard InChI is InChI=1S/C13H27ClN2O4S/c1-10(2)11(16-12(17)20-13(3,4)5)9-15-21(18,19)8-6-7-14/h10-11,15H,6-9H2,1-5H3,(H,16,17)/t11-/m0/s1. The summed E-state index contributed by atoms with van der Waals surface area (Å²) in [5.41, 5.74) is -0.592. The Hall–Kier alpha value is -0.530.